The van der Waals surface area contributed by atoms with Gasteiger partial charge in [0.25, 0.3) is 0 Å². The Morgan fingerprint density at radius 2 is 1.94 bits per heavy atom. The zero-order chi connectivity index (χ0) is 13.5. The lowest BCUT2D eigenvalue weighted by Crippen LogP contribution is -2.29. The minimum absolute atomic E-state index is 0.481. The van der Waals surface area contributed by atoms with Crippen molar-refractivity contribution in [2.24, 2.45) is 0 Å². The molecule has 0 aliphatic heterocycles. The maximum Gasteiger partial charge on any atom is 0.122 e. The molecule has 0 bridgehead atoms. The maximum atomic E-state index is 5.54. The number of likely N-dealkylation sites (N-methyl/N-ethyl adjacent to an activating group) is 2. The van der Waals surface area contributed by atoms with E-state index in [4.69, 9.17) is 4.42 Å². The van der Waals surface area contributed by atoms with Crippen LogP contribution in [0.25, 0.3) is 0 Å². The molecule has 1 aromatic rings. The van der Waals surface area contributed by atoms with Crippen LogP contribution in [0, 0.1) is 0 Å². The highest BCUT2D eigenvalue weighted by molar-refractivity contribution is 5.16. The molecule has 0 fully saturated rings. The van der Waals surface area contributed by atoms with Crippen molar-refractivity contribution in [3.63, 3.8) is 0 Å². The van der Waals surface area contributed by atoms with Crippen LogP contribution >= 0.6 is 0 Å². The van der Waals surface area contributed by atoms with E-state index in [1.165, 1.54) is 5.56 Å². The monoisotopic (exact) mass is 253 g/mol. The fraction of sp³-hybridized carbons (Fsp3) is 0.714. The van der Waals surface area contributed by atoms with E-state index < -0.39 is 0 Å². The largest absolute Gasteiger partial charge is 0.468 e. The Balaban J connectivity index is 2.43. The molecule has 0 aliphatic rings. The molecule has 0 aromatic carbocycles. The molecule has 0 amide bonds. The van der Waals surface area contributed by atoms with Gasteiger partial charge in [-0.05, 0) is 27.2 Å². The third-order valence-electron chi connectivity index (χ3n) is 2.88. The first-order chi connectivity index (χ1) is 8.49. The SMILES string of the molecule is CC(C)NCc1occc1CN(C)CCN(C)C. The van der Waals surface area contributed by atoms with Gasteiger partial charge in [-0.15, -0.1) is 0 Å². The molecule has 0 saturated heterocycles. The highest BCUT2D eigenvalue weighted by atomic mass is 16.3. The highest BCUT2D eigenvalue weighted by Gasteiger charge is 2.09. The van der Waals surface area contributed by atoms with Crippen molar-refractivity contribution in [1.82, 2.24) is 15.1 Å². The van der Waals surface area contributed by atoms with Crippen LogP contribution in [-0.2, 0) is 13.1 Å². The molecule has 4 nitrogen and oxygen atoms in total. The van der Waals surface area contributed by atoms with Crippen LogP contribution in [0.15, 0.2) is 16.7 Å². The summed E-state index contributed by atoms with van der Waals surface area (Å²) in [6.45, 7) is 8.18. The van der Waals surface area contributed by atoms with Gasteiger partial charge in [0.05, 0.1) is 12.8 Å². The second kappa shape index (κ2) is 7.56. The molecule has 104 valence electrons. The van der Waals surface area contributed by atoms with Crippen molar-refractivity contribution in [3.8, 4) is 0 Å². The van der Waals surface area contributed by atoms with Gasteiger partial charge in [-0.1, -0.05) is 13.8 Å². The fourth-order valence-corrected chi connectivity index (χ4v) is 1.70. The average Bonchev–Trinajstić information content (AvgIpc) is 2.71. The summed E-state index contributed by atoms with van der Waals surface area (Å²) in [5.41, 5.74) is 1.28. The maximum absolute atomic E-state index is 5.54. The number of hydrogen-bond donors (Lipinski definition) is 1. The Morgan fingerprint density at radius 3 is 2.56 bits per heavy atom. The highest BCUT2D eigenvalue weighted by Crippen LogP contribution is 2.12. The number of rotatable bonds is 8. The molecule has 0 unspecified atom stereocenters. The predicted molar refractivity (Wildman–Crippen MR) is 75.6 cm³/mol. The van der Waals surface area contributed by atoms with E-state index in [0.29, 0.717) is 6.04 Å². The Bertz CT molecular complexity index is 334. The zero-order valence-corrected chi connectivity index (χ0v) is 12.4. The van der Waals surface area contributed by atoms with Crippen LogP contribution in [0.5, 0.6) is 0 Å². The Labute approximate surface area is 111 Å². The van der Waals surface area contributed by atoms with Gasteiger partial charge in [0.15, 0.2) is 0 Å². The van der Waals surface area contributed by atoms with Crippen molar-refractivity contribution < 1.29 is 4.42 Å². The van der Waals surface area contributed by atoms with E-state index in [0.717, 1.165) is 31.9 Å². The Morgan fingerprint density at radius 1 is 1.22 bits per heavy atom. The van der Waals surface area contributed by atoms with Crippen molar-refractivity contribution in [3.05, 3.63) is 23.7 Å². The standard InChI is InChI=1S/C14H27N3O/c1-12(2)15-10-14-13(6-9-18-14)11-17(5)8-7-16(3)4/h6,9,12,15H,7-8,10-11H2,1-5H3. The lowest BCUT2D eigenvalue weighted by atomic mass is 10.2. The first kappa shape index (κ1) is 15.2. The van der Waals surface area contributed by atoms with Gasteiger partial charge in [-0.25, -0.2) is 0 Å². The Hall–Kier alpha value is -0.840. The molecule has 0 spiro atoms. The first-order valence-electron chi connectivity index (χ1n) is 6.61. The van der Waals surface area contributed by atoms with E-state index >= 15 is 0 Å². The molecule has 0 aliphatic carbocycles. The molecule has 1 N–H and O–H groups in total. The fourth-order valence-electron chi connectivity index (χ4n) is 1.70. The minimum atomic E-state index is 0.481. The molecule has 0 saturated carbocycles. The zero-order valence-electron chi connectivity index (χ0n) is 12.4. The first-order valence-corrected chi connectivity index (χ1v) is 6.61. The number of hydrogen-bond acceptors (Lipinski definition) is 4. The lowest BCUT2D eigenvalue weighted by molar-refractivity contribution is 0.274. The van der Waals surface area contributed by atoms with Gasteiger partial charge in [-0.3, -0.25) is 0 Å². The molecule has 18 heavy (non-hydrogen) atoms. The predicted octanol–water partition coefficient (Wildman–Crippen LogP) is 1.77. The van der Waals surface area contributed by atoms with Gasteiger partial charge in [0.1, 0.15) is 5.76 Å². The average molecular weight is 253 g/mol. The second-order valence-corrected chi connectivity index (χ2v) is 5.45. The molecule has 1 rings (SSSR count). The number of nitrogens with one attached hydrogen (secondary N) is 1. The van der Waals surface area contributed by atoms with Gasteiger partial charge < -0.3 is 19.5 Å². The third kappa shape index (κ3) is 5.67. The van der Waals surface area contributed by atoms with Crippen LogP contribution in [0.4, 0.5) is 0 Å². The van der Waals surface area contributed by atoms with Crippen molar-refractivity contribution in [2.45, 2.75) is 33.0 Å². The van der Waals surface area contributed by atoms with Crippen LogP contribution < -0.4 is 5.32 Å². The molecule has 1 heterocycles. The van der Waals surface area contributed by atoms with Crippen molar-refractivity contribution in [1.29, 1.82) is 0 Å². The molecular formula is C14H27N3O. The molecule has 4 heteroatoms. The number of nitrogens with zero attached hydrogens (tertiary/aromatic N) is 2. The van der Waals surface area contributed by atoms with Gasteiger partial charge in [0, 0.05) is 31.2 Å². The van der Waals surface area contributed by atoms with E-state index in [1.807, 2.05) is 0 Å². The lowest BCUT2D eigenvalue weighted by Gasteiger charge is -2.19. The van der Waals surface area contributed by atoms with E-state index in [-0.39, 0.29) is 0 Å². The summed E-state index contributed by atoms with van der Waals surface area (Å²) in [5.74, 6) is 1.06. The normalized spacial score (nSPS) is 12.0. The van der Waals surface area contributed by atoms with Crippen LogP contribution in [0.3, 0.4) is 0 Å². The summed E-state index contributed by atoms with van der Waals surface area (Å²) in [5, 5.41) is 3.39. The van der Waals surface area contributed by atoms with Gasteiger partial charge in [0.2, 0.25) is 0 Å². The minimum Gasteiger partial charge on any atom is -0.468 e. The van der Waals surface area contributed by atoms with Gasteiger partial charge >= 0.3 is 0 Å². The molecule has 0 radical (unpaired) electrons. The second-order valence-electron chi connectivity index (χ2n) is 5.45. The van der Waals surface area contributed by atoms with Crippen molar-refractivity contribution in [2.75, 3.05) is 34.2 Å². The van der Waals surface area contributed by atoms with Crippen molar-refractivity contribution >= 4 is 0 Å². The summed E-state index contributed by atoms with van der Waals surface area (Å²) in [6.07, 6.45) is 1.78. The smallest absolute Gasteiger partial charge is 0.122 e. The summed E-state index contributed by atoms with van der Waals surface area (Å²) in [4.78, 5) is 4.52. The van der Waals surface area contributed by atoms with E-state index in [1.54, 1.807) is 6.26 Å². The van der Waals surface area contributed by atoms with Crippen LogP contribution in [0.1, 0.15) is 25.2 Å². The van der Waals surface area contributed by atoms with Crippen LogP contribution in [-0.4, -0.2) is 50.1 Å². The quantitative estimate of drug-likeness (QED) is 0.765. The summed E-state index contributed by atoms with van der Waals surface area (Å²) in [6, 6.07) is 2.55. The van der Waals surface area contributed by atoms with Gasteiger partial charge in [-0.2, -0.15) is 0 Å². The Kier molecular flexibility index (Phi) is 6.39. The van der Waals surface area contributed by atoms with Crippen LogP contribution in [0.2, 0.25) is 0 Å². The van der Waals surface area contributed by atoms with E-state index in [2.05, 4.69) is 56.2 Å². The molecule has 1 aromatic heterocycles. The summed E-state index contributed by atoms with van der Waals surface area (Å²) in [7, 11) is 6.35. The topological polar surface area (TPSA) is 31.7 Å². The summed E-state index contributed by atoms with van der Waals surface area (Å²) < 4.78 is 5.54. The van der Waals surface area contributed by atoms with E-state index in [9.17, 15) is 0 Å². The number of furan rings is 1. The molecule has 0 atom stereocenters. The third-order valence-corrected chi connectivity index (χ3v) is 2.88. The molecular weight excluding hydrogens is 226 g/mol. The summed E-state index contributed by atoms with van der Waals surface area (Å²) >= 11 is 0.